The van der Waals surface area contributed by atoms with E-state index in [1.807, 2.05) is 13.0 Å². The summed E-state index contributed by atoms with van der Waals surface area (Å²) in [4.78, 5) is 0. The third-order valence-electron chi connectivity index (χ3n) is 3.97. The van der Waals surface area contributed by atoms with Gasteiger partial charge in [-0.15, -0.1) is 0 Å². The number of nitrogen functional groups attached to an aromatic ring is 1. The average molecular weight is 283 g/mol. The summed E-state index contributed by atoms with van der Waals surface area (Å²) in [6.45, 7) is 5.52. The zero-order chi connectivity index (χ0) is 14.8. The maximum Gasteiger partial charge on any atom is 0.124 e. The molecule has 0 aromatic heterocycles. The number of ether oxygens (including phenoxy) is 2. The smallest absolute Gasteiger partial charge is 0.124 e. The molecule has 0 bridgehead atoms. The van der Waals surface area contributed by atoms with Crippen LogP contribution in [0.4, 0.5) is 5.69 Å². The van der Waals surface area contributed by atoms with E-state index >= 15 is 0 Å². The van der Waals surface area contributed by atoms with E-state index in [4.69, 9.17) is 15.2 Å². The molecule has 21 heavy (non-hydrogen) atoms. The molecule has 0 saturated heterocycles. The molecule has 1 heterocycles. The fraction of sp³-hybridized carbons (Fsp3) is 0.333. The van der Waals surface area contributed by atoms with Gasteiger partial charge in [0.1, 0.15) is 11.5 Å². The van der Waals surface area contributed by atoms with Crippen molar-refractivity contribution >= 4 is 5.69 Å². The highest BCUT2D eigenvalue weighted by atomic mass is 16.5. The summed E-state index contributed by atoms with van der Waals surface area (Å²) < 4.78 is 11.4. The quantitative estimate of drug-likeness (QED) is 0.874. The van der Waals surface area contributed by atoms with Crippen molar-refractivity contribution in [2.75, 3.05) is 18.9 Å². The van der Waals surface area contributed by atoms with Crippen LogP contribution in [0.2, 0.25) is 0 Å². The third-order valence-corrected chi connectivity index (χ3v) is 3.97. The van der Waals surface area contributed by atoms with Crippen LogP contribution in [0, 0.1) is 13.8 Å². The number of benzene rings is 2. The van der Waals surface area contributed by atoms with Crippen LogP contribution < -0.4 is 15.2 Å². The number of nitrogens with two attached hydrogens (primary N) is 1. The lowest BCUT2D eigenvalue weighted by molar-refractivity contribution is 0.320. The second-order valence-corrected chi connectivity index (χ2v) is 5.61. The van der Waals surface area contributed by atoms with E-state index in [-0.39, 0.29) is 0 Å². The summed E-state index contributed by atoms with van der Waals surface area (Å²) in [5.74, 6) is 1.91. The zero-order valence-electron chi connectivity index (χ0n) is 12.6. The van der Waals surface area contributed by atoms with Gasteiger partial charge in [-0.1, -0.05) is 18.2 Å². The zero-order valence-corrected chi connectivity index (χ0v) is 12.6. The van der Waals surface area contributed by atoms with E-state index in [1.54, 1.807) is 0 Å². The molecular weight excluding hydrogens is 262 g/mol. The highest BCUT2D eigenvalue weighted by Gasteiger charge is 2.12. The minimum atomic E-state index is 0.656. The standard InChI is InChI=1S/C18H21NO2/c1-12-9-13(2)18(11-16(12)19)21-7-5-14-3-4-17-15(10-14)6-8-20-17/h3-4,9-11H,5-8,19H2,1-2H3. The van der Waals surface area contributed by atoms with Gasteiger partial charge >= 0.3 is 0 Å². The number of anilines is 1. The minimum absolute atomic E-state index is 0.656. The largest absolute Gasteiger partial charge is 0.493 e. The molecule has 0 aliphatic carbocycles. The first-order valence-corrected chi connectivity index (χ1v) is 7.37. The highest BCUT2D eigenvalue weighted by molar-refractivity contribution is 5.54. The molecule has 2 aromatic carbocycles. The van der Waals surface area contributed by atoms with Gasteiger partial charge in [-0.3, -0.25) is 0 Å². The minimum Gasteiger partial charge on any atom is -0.493 e. The molecule has 1 aliphatic heterocycles. The molecule has 1 aliphatic rings. The molecule has 0 radical (unpaired) electrons. The Morgan fingerprint density at radius 1 is 1.14 bits per heavy atom. The predicted octanol–water partition coefficient (Wildman–Crippen LogP) is 3.44. The van der Waals surface area contributed by atoms with Gasteiger partial charge in [0.2, 0.25) is 0 Å². The van der Waals surface area contributed by atoms with Crippen LogP contribution in [0.25, 0.3) is 0 Å². The van der Waals surface area contributed by atoms with Crippen molar-refractivity contribution in [2.24, 2.45) is 0 Å². The molecule has 0 unspecified atom stereocenters. The molecule has 3 nitrogen and oxygen atoms in total. The van der Waals surface area contributed by atoms with Crippen molar-refractivity contribution in [3.63, 3.8) is 0 Å². The first-order valence-electron chi connectivity index (χ1n) is 7.37. The first kappa shape index (κ1) is 13.8. The second-order valence-electron chi connectivity index (χ2n) is 5.61. The molecule has 2 aromatic rings. The van der Waals surface area contributed by atoms with Crippen molar-refractivity contribution in [1.82, 2.24) is 0 Å². The molecule has 0 fully saturated rings. The van der Waals surface area contributed by atoms with E-state index in [9.17, 15) is 0 Å². The molecule has 0 amide bonds. The van der Waals surface area contributed by atoms with Crippen LogP contribution in [0.5, 0.6) is 11.5 Å². The Morgan fingerprint density at radius 2 is 2.00 bits per heavy atom. The Bertz CT molecular complexity index is 665. The fourth-order valence-corrected chi connectivity index (χ4v) is 2.68. The van der Waals surface area contributed by atoms with Crippen LogP contribution in [-0.2, 0) is 12.8 Å². The van der Waals surface area contributed by atoms with Crippen molar-refractivity contribution in [3.8, 4) is 11.5 Å². The van der Waals surface area contributed by atoms with Crippen LogP contribution in [0.1, 0.15) is 22.3 Å². The van der Waals surface area contributed by atoms with E-state index in [0.717, 1.165) is 47.8 Å². The number of hydrogen-bond acceptors (Lipinski definition) is 3. The molecule has 0 atom stereocenters. The number of fused-ring (bicyclic) bond motifs is 1. The van der Waals surface area contributed by atoms with Gasteiger partial charge in [0.25, 0.3) is 0 Å². The van der Waals surface area contributed by atoms with Crippen LogP contribution in [0.15, 0.2) is 30.3 Å². The molecule has 0 saturated carbocycles. The lowest BCUT2D eigenvalue weighted by Gasteiger charge is -2.12. The first-order chi connectivity index (χ1) is 10.1. The molecular formula is C18H21NO2. The lowest BCUT2D eigenvalue weighted by Crippen LogP contribution is -2.04. The molecule has 3 heteroatoms. The van der Waals surface area contributed by atoms with Crippen molar-refractivity contribution in [3.05, 3.63) is 52.6 Å². The van der Waals surface area contributed by atoms with Gasteiger partial charge in [-0.2, -0.15) is 0 Å². The lowest BCUT2D eigenvalue weighted by atomic mass is 10.1. The summed E-state index contributed by atoms with van der Waals surface area (Å²) >= 11 is 0. The molecule has 110 valence electrons. The number of hydrogen-bond donors (Lipinski definition) is 1. The van der Waals surface area contributed by atoms with E-state index in [2.05, 4.69) is 31.2 Å². The summed E-state index contributed by atoms with van der Waals surface area (Å²) in [7, 11) is 0. The maximum atomic E-state index is 5.94. The maximum absolute atomic E-state index is 5.94. The average Bonchev–Trinajstić information content (AvgIpc) is 2.92. The number of aryl methyl sites for hydroxylation is 2. The topological polar surface area (TPSA) is 44.5 Å². The molecule has 2 N–H and O–H groups in total. The fourth-order valence-electron chi connectivity index (χ4n) is 2.68. The Labute approximate surface area is 125 Å². The highest BCUT2D eigenvalue weighted by Crippen LogP contribution is 2.27. The van der Waals surface area contributed by atoms with E-state index in [1.165, 1.54) is 11.1 Å². The van der Waals surface area contributed by atoms with Crippen LogP contribution in [-0.4, -0.2) is 13.2 Å². The second kappa shape index (κ2) is 5.68. The Kier molecular flexibility index (Phi) is 3.74. The van der Waals surface area contributed by atoms with Crippen molar-refractivity contribution in [2.45, 2.75) is 26.7 Å². The van der Waals surface area contributed by atoms with Crippen molar-refractivity contribution in [1.29, 1.82) is 0 Å². The van der Waals surface area contributed by atoms with Crippen LogP contribution >= 0.6 is 0 Å². The van der Waals surface area contributed by atoms with Gasteiger partial charge in [-0.25, -0.2) is 0 Å². The monoisotopic (exact) mass is 283 g/mol. The summed E-state index contributed by atoms with van der Waals surface area (Å²) in [5, 5.41) is 0. The van der Waals surface area contributed by atoms with Crippen LogP contribution in [0.3, 0.4) is 0 Å². The van der Waals surface area contributed by atoms with Gasteiger partial charge in [-0.05, 0) is 42.2 Å². The summed E-state index contributed by atoms with van der Waals surface area (Å²) in [6.07, 6.45) is 1.90. The van der Waals surface area contributed by atoms with Crippen molar-refractivity contribution < 1.29 is 9.47 Å². The Balaban J connectivity index is 1.62. The van der Waals surface area contributed by atoms with Gasteiger partial charge in [0.15, 0.2) is 0 Å². The predicted molar refractivity (Wildman–Crippen MR) is 85.2 cm³/mol. The third kappa shape index (κ3) is 2.97. The van der Waals surface area contributed by atoms with Gasteiger partial charge in [0.05, 0.1) is 13.2 Å². The Morgan fingerprint density at radius 3 is 2.86 bits per heavy atom. The summed E-state index contributed by atoms with van der Waals surface area (Å²) in [6, 6.07) is 10.4. The normalized spacial score (nSPS) is 12.9. The SMILES string of the molecule is Cc1cc(C)c(OCCc2ccc3c(c2)CCO3)cc1N. The van der Waals surface area contributed by atoms with E-state index < -0.39 is 0 Å². The van der Waals surface area contributed by atoms with E-state index in [0.29, 0.717) is 6.61 Å². The van der Waals surface area contributed by atoms with Gasteiger partial charge < -0.3 is 15.2 Å². The Hall–Kier alpha value is -2.16. The number of rotatable bonds is 4. The van der Waals surface area contributed by atoms with Gasteiger partial charge in [0, 0.05) is 24.6 Å². The molecule has 3 rings (SSSR count). The summed E-state index contributed by atoms with van der Waals surface area (Å²) in [5.41, 5.74) is 11.5. The molecule has 0 spiro atoms.